The van der Waals surface area contributed by atoms with Crippen molar-refractivity contribution in [3.63, 3.8) is 0 Å². The number of nitrogens with one attached hydrogen (secondary N) is 1. The molecule has 7 heteroatoms. The van der Waals surface area contributed by atoms with Crippen LogP contribution in [0.1, 0.15) is 37.8 Å². The molecule has 2 atom stereocenters. The number of carbonyl (C=O) groups is 1. The molecule has 162 valence electrons. The molecule has 2 aliphatic rings. The number of pyridine rings is 1. The predicted octanol–water partition coefficient (Wildman–Crippen LogP) is 3.71. The largest absolute Gasteiger partial charge is 0.473 e. The van der Waals surface area contributed by atoms with Gasteiger partial charge >= 0.3 is 0 Å². The number of aromatic nitrogens is 3. The molecule has 2 aromatic heterocycles. The van der Waals surface area contributed by atoms with Crippen LogP contribution in [0.25, 0.3) is 22.3 Å². The molecule has 1 aromatic carbocycles. The topological polar surface area (TPSA) is 72.3 Å². The molecule has 1 saturated heterocycles. The lowest BCUT2D eigenvalue weighted by molar-refractivity contribution is -0.119. The van der Waals surface area contributed by atoms with Crippen LogP contribution < -0.4 is 15.0 Å². The zero-order chi connectivity index (χ0) is 21.7. The Kier molecular flexibility index (Phi) is 4.84. The fraction of sp³-hybridized carbons (Fsp3) is 0.458. The van der Waals surface area contributed by atoms with Gasteiger partial charge in [0.1, 0.15) is 11.6 Å². The van der Waals surface area contributed by atoms with Crippen molar-refractivity contribution in [1.82, 2.24) is 19.9 Å². The first-order valence-corrected chi connectivity index (χ1v) is 11.0. The molecule has 0 spiro atoms. The molecular weight excluding hydrogens is 390 g/mol. The van der Waals surface area contributed by atoms with E-state index in [2.05, 4.69) is 51.0 Å². The number of aryl methyl sites for hydroxylation is 1. The van der Waals surface area contributed by atoms with Gasteiger partial charge < -0.3 is 19.5 Å². The fourth-order valence-electron chi connectivity index (χ4n) is 4.43. The highest BCUT2D eigenvalue weighted by molar-refractivity contribution is 5.85. The van der Waals surface area contributed by atoms with Crippen LogP contribution >= 0.6 is 0 Å². The van der Waals surface area contributed by atoms with Crippen LogP contribution in [-0.2, 0) is 4.79 Å². The molecule has 31 heavy (non-hydrogen) atoms. The minimum atomic E-state index is -0.120. The molecule has 1 saturated carbocycles. The first-order valence-electron chi connectivity index (χ1n) is 11.0. The molecule has 7 nitrogen and oxygen atoms in total. The zero-order valence-corrected chi connectivity index (χ0v) is 18.6. The van der Waals surface area contributed by atoms with E-state index >= 15 is 0 Å². The first-order chi connectivity index (χ1) is 14.9. The van der Waals surface area contributed by atoms with Gasteiger partial charge in [-0.05, 0) is 50.5 Å². The van der Waals surface area contributed by atoms with Gasteiger partial charge in [-0.2, -0.15) is 0 Å². The van der Waals surface area contributed by atoms with Crippen LogP contribution in [0.3, 0.4) is 0 Å². The van der Waals surface area contributed by atoms with Crippen LogP contribution in [0.2, 0.25) is 0 Å². The standard InChI is InChI=1S/C24H29N5O2/c1-14-9-16(5-8-21(14)28(3)4)19-11-20-23(29(13-26-20)18-6-7-18)24(27-19)31-15(2)17-10-22(30)25-12-17/h5,8-9,11,13,15,17-18H,6-7,10,12H2,1-4H3,(H,25,30)/t15-,17-/m1/s1. The van der Waals surface area contributed by atoms with Gasteiger partial charge in [-0.1, -0.05) is 6.07 Å². The summed E-state index contributed by atoms with van der Waals surface area (Å²) in [4.78, 5) is 23.4. The van der Waals surface area contributed by atoms with Gasteiger partial charge in [0.2, 0.25) is 11.8 Å². The van der Waals surface area contributed by atoms with Gasteiger partial charge in [0, 0.05) is 50.3 Å². The van der Waals surface area contributed by atoms with Crippen LogP contribution in [0.4, 0.5) is 5.69 Å². The van der Waals surface area contributed by atoms with Gasteiger partial charge in [-0.15, -0.1) is 0 Å². The van der Waals surface area contributed by atoms with E-state index in [4.69, 9.17) is 9.72 Å². The molecule has 0 unspecified atom stereocenters. The van der Waals surface area contributed by atoms with Crippen molar-refractivity contribution in [3.05, 3.63) is 36.2 Å². The van der Waals surface area contributed by atoms with Gasteiger partial charge in [0.05, 0.1) is 17.5 Å². The van der Waals surface area contributed by atoms with Gasteiger partial charge in [0.25, 0.3) is 0 Å². The van der Waals surface area contributed by atoms with Crippen LogP contribution in [0.5, 0.6) is 5.88 Å². The summed E-state index contributed by atoms with van der Waals surface area (Å²) in [6.07, 6.45) is 4.61. The van der Waals surface area contributed by atoms with Gasteiger partial charge in [0.15, 0.2) is 0 Å². The number of carbonyl (C=O) groups excluding carboxylic acids is 1. The summed E-state index contributed by atoms with van der Waals surface area (Å²) >= 11 is 0. The SMILES string of the molecule is Cc1cc(-c2cc3ncn(C4CC4)c3c(O[C@H](C)[C@H]3CNC(=O)C3)n2)ccc1N(C)C. The Morgan fingerprint density at radius 3 is 2.71 bits per heavy atom. The summed E-state index contributed by atoms with van der Waals surface area (Å²) in [6, 6.07) is 8.91. The van der Waals surface area contributed by atoms with Crippen molar-refractivity contribution in [2.24, 2.45) is 5.92 Å². The van der Waals surface area contributed by atoms with Crippen LogP contribution in [0.15, 0.2) is 30.6 Å². The second-order valence-electron chi connectivity index (χ2n) is 9.05. The number of anilines is 1. The Balaban J connectivity index is 1.56. The molecule has 1 aliphatic heterocycles. The summed E-state index contributed by atoms with van der Waals surface area (Å²) in [7, 11) is 4.10. The monoisotopic (exact) mass is 419 g/mol. The van der Waals surface area contributed by atoms with E-state index < -0.39 is 0 Å². The van der Waals surface area contributed by atoms with Crippen molar-refractivity contribution in [3.8, 4) is 17.1 Å². The predicted molar refractivity (Wildman–Crippen MR) is 122 cm³/mol. The van der Waals surface area contributed by atoms with Crippen molar-refractivity contribution in [2.75, 3.05) is 25.5 Å². The maximum absolute atomic E-state index is 11.7. The third-order valence-electron chi connectivity index (χ3n) is 6.41. The summed E-state index contributed by atoms with van der Waals surface area (Å²) < 4.78 is 8.62. The number of hydrogen-bond donors (Lipinski definition) is 1. The van der Waals surface area contributed by atoms with E-state index in [1.165, 1.54) is 11.3 Å². The molecule has 3 aromatic rings. The average Bonchev–Trinajstić information content (AvgIpc) is 3.33. The van der Waals surface area contributed by atoms with E-state index in [1.807, 2.05) is 27.3 Å². The lowest BCUT2D eigenvalue weighted by Crippen LogP contribution is -2.26. The van der Waals surface area contributed by atoms with Crippen molar-refractivity contribution < 1.29 is 9.53 Å². The van der Waals surface area contributed by atoms with E-state index in [9.17, 15) is 4.79 Å². The molecule has 3 heterocycles. The van der Waals surface area contributed by atoms with Crippen molar-refractivity contribution in [2.45, 2.75) is 45.3 Å². The highest BCUT2D eigenvalue weighted by Gasteiger charge is 2.31. The molecule has 5 rings (SSSR count). The minimum absolute atomic E-state index is 0.0896. The number of imidazole rings is 1. The highest BCUT2D eigenvalue weighted by Crippen LogP contribution is 2.40. The number of nitrogens with zero attached hydrogens (tertiary/aromatic N) is 4. The van der Waals surface area contributed by atoms with Crippen molar-refractivity contribution in [1.29, 1.82) is 0 Å². The van der Waals surface area contributed by atoms with Crippen LogP contribution in [0, 0.1) is 12.8 Å². The van der Waals surface area contributed by atoms with E-state index in [-0.39, 0.29) is 17.9 Å². The summed E-state index contributed by atoms with van der Waals surface area (Å²) in [6.45, 7) is 4.79. The molecule has 0 bridgehead atoms. The van der Waals surface area contributed by atoms with Crippen molar-refractivity contribution >= 4 is 22.6 Å². The quantitative estimate of drug-likeness (QED) is 0.659. The number of hydrogen-bond acceptors (Lipinski definition) is 5. The Bertz CT molecular complexity index is 1150. The number of rotatable bonds is 6. The number of benzene rings is 1. The van der Waals surface area contributed by atoms with Gasteiger partial charge in [-0.3, -0.25) is 4.79 Å². The lowest BCUT2D eigenvalue weighted by atomic mass is 10.0. The second kappa shape index (κ2) is 7.55. The number of amides is 1. The Morgan fingerprint density at radius 2 is 2.06 bits per heavy atom. The Labute approximate surface area is 182 Å². The molecule has 1 amide bonds. The summed E-state index contributed by atoms with van der Waals surface area (Å²) in [5.41, 5.74) is 6.13. The molecule has 0 radical (unpaired) electrons. The molecular formula is C24H29N5O2. The van der Waals surface area contributed by atoms with Crippen LogP contribution in [-0.4, -0.2) is 47.2 Å². The molecule has 2 fully saturated rings. The Morgan fingerprint density at radius 1 is 1.26 bits per heavy atom. The third kappa shape index (κ3) is 3.73. The minimum Gasteiger partial charge on any atom is -0.473 e. The second-order valence-corrected chi connectivity index (χ2v) is 9.05. The zero-order valence-electron chi connectivity index (χ0n) is 18.6. The smallest absolute Gasteiger partial charge is 0.241 e. The van der Waals surface area contributed by atoms with E-state index in [1.54, 1.807) is 0 Å². The maximum atomic E-state index is 11.7. The van der Waals surface area contributed by atoms with E-state index in [0.717, 1.165) is 35.1 Å². The first kappa shape index (κ1) is 19.8. The molecule has 1 N–H and O–H groups in total. The van der Waals surface area contributed by atoms with E-state index in [0.29, 0.717) is 24.9 Å². The highest BCUT2D eigenvalue weighted by atomic mass is 16.5. The molecule has 1 aliphatic carbocycles. The maximum Gasteiger partial charge on any atom is 0.241 e. The van der Waals surface area contributed by atoms with Gasteiger partial charge in [-0.25, -0.2) is 9.97 Å². The summed E-state index contributed by atoms with van der Waals surface area (Å²) in [5.74, 6) is 0.844. The number of fused-ring (bicyclic) bond motifs is 1. The fourth-order valence-corrected chi connectivity index (χ4v) is 4.43. The Hall–Kier alpha value is -3.09. The lowest BCUT2D eigenvalue weighted by Gasteiger charge is -2.21. The average molecular weight is 420 g/mol. The number of ether oxygens (including phenoxy) is 1. The summed E-state index contributed by atoms with van der Waals surface area (Å²) in [5, 5.41) is 2.90. The normalized spacial score (nSPS) is 19.5. The third-order valence-corrected chi connectivity index (χ3v) is 6.41.